The molecule has 0 saturated heterocycles. The lowest BCUT2D eigenvalue weighted by Crippen LogP contribution is -2.03. The zero-order valence-electron chi connectivity index (χ0n) is 9.12. The molecule has 0 unspecified atom stereocenters. The van der Waals surface area contributed by atoms with Crippen LogP contribution < -0.4 is 0 Å². The molecule has 3 nitrogen and oxygen atoms in total. The van der Waals surface area contributed by atoms with E-state index in [2.05, 4.69) is 4.98 Å². The van der Waals surface area contributed by atoms with E-state index in [4.69, 9.17) is 0 Å². The average Bonchev–Trinajstić information content (AvgIpc) is 2.17. The van der Waals surface area contributed by atoms with E-state index in [-0.39, 0.29) is 11.6 Å². The molecule has 0 saturated carbocycles. The number of hydrogen-bond acceptors (Lipinski definition) is 3. The molecule has 80 valence electrons. The maximum absolute atomic E-state index is 11.7. The summed E-state index contributed by atoms with van der Waals surface area (Å²) in [7, 11) is 0. The van der Waals surface area contributed by atoms with E-state index in [0.717, 1.165) is 5.69 Å². The van der Waals surface area contributed by atoms with Crippen LogP contribution >= 0.6 is 0 Å². The Morgan fingerprint density at radius 1 is 1.33 bits per heavy atom. The van der Waals surface area contributed by atoms with E-state index < -0.39 is 0 Å². The second kappa shape index (κ2) is 5.39. The molecule has 0 amide bonds. The van der Waals surface area contributed by atoms with Crippen molar-refractivity contribution in [1.29, 1.82) is 0 Å². The Labute approximate surface area is 89.5 Å². The van der Waals surface area contributed by atoms with E-state index >= 15 is 0 Å². The first-order valence-electron chi connectivity index (χ1n) is 5.05. The number of aryl methyl sites for hydroxylation is 1. The number of pyridine rings is 1. The molecule has 0 atom stereocenters. The maximum Gasteiger partial charge on any atom is 0.164 e. The van der Waals surface area contributed by atoms with Crippen molar-refractivity contribution in [3.63, 3.8) is 0 Å². The van der Waals surface area contributed by atoms with Gasteiger partial charge in [-0.2, -0.15) is 0 Å². The molecule has 15 heavy (non-hydrogen) atoms. The number of nitrogens with zero attached hydrogens (tertiary/aromatic N) is 1. The molecule has 1 aromatic heterocycles. The normalized spacial score (nSPS) is 10.0. The molecule has 0 aromatic carbocycles. The van der Waals surface area contributed by atoms with Crippen LogP contribution in [0.1, 0.15) is 42.2 Å². The van der Waals surface area contributed by atoms with Gasteiger partial charge in [0.25, 0.3) is 0 Å². The summed E-state index contributed by atoms with van der Waals surface area (Å²) in [4.78, 5) is 26.5. The van der Waals surface area contributed by atoms with Crippen LogP contribution in [-0.2, 0) is 4.79 Å². The van der Waals surface area contributed by atoms with Gasteiger partial charge in [-0.25, -0.2) is 0 Å². The molecule has 1 heterocycles. The van der Waals surface area contributed by atoms with Crippen molar-refractivity contribution in [3.8, 4) is 0 Å². The summed E-state index contributed by atoms with van der Waals surface area (Å²) in [5.41, 5.74) is 1.42. The minimum atomic E-state index is 0.0712. The van der Waals surface area contributed by atoms with Crippen molar-refractivity contribution in [1.82, 2.24) is 4.98 Å². The lowest BCUT2D eigenvalue weighted by Gasteiger charge is -2.02. The molecule has 0 fully saturated rings. The number of hydrogen-bond donors (Lipinski definition) is 0. The van der Waals surface area contributed by atoms with Gasteiger partial charge in [0.2, 0.25) is 0 Å². The predicted molar refractivity (Wildman–Crippen MR) is 57.8 cm³/mol. The van der Waals surface area contributed by atoms with Gasteiger partial charge in [0, 0.05) is 30.3 Å². The number of rotatable bonds is 5. The summed E-state index contributed by atoms with van der Waals surface area (Å²) in [6, 6.07) is 3.53. The largest absolute Gasteiger partial charge is 0.300 e. The zero-order valence-corrected chi connectivity index (χ0v) is 9.12. The Kier molecular flexibility index (Phi) is 4.16. The van der Waals surface area contributed by atoms with E-state index in [0.29, 0.717) is 24.8 Å². The highest BCUT2D eigenvalue weighted by Gasteiger charge is 2.08. The van der Waals surface area contributed by atoms with Crippen LogP contribution in [0.5, 0.6) is 0 Å². The minimum Gasteiger partial charge on any atom is -0.300 e. The Hall–Kier alpha value is -1.51. The van der Waals surface area contributed by atoms with Crippen molar-refractivity contribution < 1.29 is 9.59 Å². The lowest BCUT2D eigenvalue weighted by molar-refractivity contribution is -0.117. The molecule has 0 aliphatic rings. The highest BCUT2D eigenvalue weighted by molar-refractivity contribution is 5.97. The Balaban J connectivity index is 2.54. The standard InChI is InChI=1S/C12H15NO2/c1-9(14)5-3-7-12(15)11-6-4-8-13-10(11)2/h4,6,8H,3,5,7H2,1-2H3. The number of carbonyl (C=O) groups is 2. The first-order chi connectivity index (χ1) is 7.11. The average molecular weight is 205 g/mol. The number of aromatic nitrogens is 1. The van der Waals surface area contributed by atoms with E-state index in [9.17, 15) is 9.59 Å². The molecule has 0 N–H and O–H groups in total. The van der Waals surface area contributed by atoms with E-state index in [1.54, 1.807) is 25.3 Å². The van der Waals surface area contributed by atoms with Crippen molar-refractivity contribution in [2.45, 2.75) is 33.1 Å². The van der Waals surface area contributed by atoms with Crippen LogP contribution in [0.25, 0.3) is 0 Å². The van der Waals surface area contributed by atoms with Crippen LogP contribution in [-0.4, -0.2) is 16.6 Å². The monoisotopic (exact) mass is 205 g/mol. The van der Waals surface area contributed by atoms with Crippen LogP contribution in [0.3, 0.4) is 0 Å². The minimum absolute atomic E-state index is 0.0712. The van der Waals surface area contributed by atoms with Gasteiger partial charge in [-0.3, -0.25) is 9.78 Å². The van der Waals surface area contributed by atoms with Gasteiger partial charge in [-0.15, -0.1) is 0 Å². The molecule has 3 heteroatoms. The fourth-order valence-electron chi connectivity index (χ4n) is 1.41. The van der Waals surface area contributed by atoms with Gasteiger partial charge < -0.3 is 4.79 Å². The highest BCUT2D eigenvalue weighted by Crippen LogP contribution is 2.09. The molecule has 0 bridgehead atoms. The molecule has 1 rings (SSSR count). The lowest BCUT2D eigenvalue weighted by atomic mass is 10.0. The van der Waals surface area contributed by atoms with Crippen molar-refractivity contribution in [2.75, 3.05) is 0 Å². The van der Waals surface area contributed by atoms with E-state index in [1.807, 2.05) is 6.92 Å². The molecule has 0 aliphatic carbocycles. The summed E-state index contributed by atoms with van der Waals surface area (Å²) in [5, 5.41) is 0. The molecule has 0 spiro atoms. The van der Waals surface area contributed by atoms with E-state index in [1.165, 1.54) is 0 Å². The second-order valence-corrected chi connectivity index (χ2v) is 3.62. The van der Waals surface area contributed by atoms with Gasteiger partial charge in [-0.05, 0) is 32.4 Å². The van der Waals surface area contributed by atoms with Crippen LogP contribution in [0.15, 0.2) is 18.3 Å². The van der Waals surface area contributed by atoms with Crippen molar-refractivity contribution in [3.05, 3.63) is 29.6 Å². The third-order valence-electron chi connectivity index (χ3n) is 2.24. The second-order valence-electron chi connectivity index (χ2n) is 3.62. The van der Waals surface area contributed by atoms with Crippen LogP contribution in [0.2, 0.25) is 0 Å². The molecule has 0 aliphatic heterocycles. The van der Waals surface area contributed by atoms with Crippen molar-refractivity contribution in [2.24, 2.45) is 0 Å². The fraction of sp³-hybridized carbons (Fsp3) is 0.417. The summed E-state index contributed by atoms with van der Waals surface area (Å²) in [5.74, 6) is 0.201. The highest BCUT2D eigenvalue weighted by atomic mass is 16.1. The quantitative estimate of drug-likeness (QED) is 0.693. The topological polar surface area (TPSA) is 47.0 Å². The molecular weight excluding hydrogens is 190 g/mol. The first-order valence-corrected chi connectivity index (χ1v) is 5.05. The third-order valence-corrected chi connectivity index (χ3v) is 2.24. The summed E-state index contributed by atoms with van der Waals surface area (Å²) < 4.78 is 0. The smallest absolute Gasteiger partial charge is 0.164 e. The van der Waals surface area contributed by atoms with Gasteiger partial charge in [0.05, 0.1) is 0 Å². The molecular formula is C12H15NO2. The van der Waals surface area contributed by atoms with Gasteiger partial charge in [-0.1, -0.05) is 0 Å². The Bertz CT molecular complexity index is 372. The number of Topliss-reactive ketones (excluding diaryl/α,β-unsaturated/α-hetero) is 2. The van der Waals surface area contributed by atoms with Crippen LogP contribution in [0.4, 0.5) is 0 Å². The van der Waals surface area contributed by atoms with Crippen LogP contribution in [0, 0.1) is 6.92 Å². The van der Waals surface area contributed by atoms with Gasteiger partial charge >= 0.3 is 0 Å². The maximum atomic E-state index is 11.7. The summed E-state index contributed by atoms with van der Waals surface area (Å²) >= 11 is 0. The fourth-order valence-corrected chi connectivity index (χ4v) is 1.41. The molecule has 0 radical (unpaired) electrons. The predicted octanol–water partition coefficient (Wildman–Crippen LogP) is 2.33. The first kappa shape index (κ1) is 11.6. The zero-order chi connectivity index (χ0) is 11.3. The van der Waals surface area contributed by atoms with Gasteiger partial charge in [0.15, 0.2) is 5.78 Å². The number of carbonyl (C=O) groups excluding carboxylic acids is 2. The SMILES string of the molecule is CC(=O)CCCC(=O)c1cccnc1C. The van der Waals surface area contributed by atoms with Crippen molar-refractivity contribution >= 4 is 11.6 Å². The molecule has 1 aromatic rings. The number of ketones is 2. The summed E-state index contributed by atoms with van der Waals surface area (Å²) in [6.45, 7) is 3.36. The van der Waals surface area contributed by atoms with Gasteiger partial charge in [0.1, 0.15) is 5.78 Å². The Morgan fingerprint density at radius 3 is 2.67 bits per heavy atom. The summed E-state index contributed by atoms with van der Waals surface area (Å²) in [6.07, 6.45) is 3.20. The Morgan fingerprint density at radius 2 is 2.07 bits per heavy atom. The third kappa shape index (κ3) is 3.62.